The molecule has 4 rings (SSSR count). The molecule has 200 valence electrons. The molecule has 0 fully saturated rings. The van der Waals surface area contributed by atoms with E-state index in [0.29, 0.717) is 16.4 Å². The van der Waals surface area contributed by atoms with E-state index < -0.39 is 17.5 Å². The summed E-state index contributed by atoms with van der Waals surface area (Å²) < 4.78 is 0. The second-order valence-corrected chi connectivity index (χ2v) is 9.67. The van der Waals surface area contributed by atoms with Gasteiger partial charge >= 0.3 is 0 Å². The molecule has 0 saturated carbocycles. The van der Waals surface area contributed by atoms with Gasteiger partial charge in [-0.1, -0.05) is 97.2 Å². The summed E-state index contributed by atoms with van der Waals surface area (Å²) in [5.41, 5.74) is 0.425. The fourth-order valence-corrected chi connectivity index (χ4v) is 4.88. The van der Waals surface area contributed by atoms with E-state index in [1.54, 1.807) is 12.1 Å². The Morgan fingerprint density at radius 2 is 1.47 bits per heavy atom. The van der Waals surface area contributed by atoms with E-state index in [4.69, 9.17) is 34.8 Å². The molecule has 0 spiro atoms. The number of amides is 2. The molecule has 3 aromatic carbocycles. The zero-order valence-corrected chi connectivity index (χ0v) is 23.7. The zero-order valence-electron chi connectivity index (χ0n) is 21.4. The Balaban J connectivity index is 0.000000732. The van der Waals surface area contributed by atoms with E-state index in [1.807, 2.05) is 48.5 Å². The molecule has 7 nitrogen and oxygen atoms in total. The number of hydrogen-bond acceptors (Lipinski definition) is 5. The second kappa shape index (κ2) is 13.6. The summed E-state index contributed by atoms with van der Waals surface area (Å²) in [6, 6.07) is 21.6. The molecule has 0 radical (unpaired) electrons. The van der Waals surface area contributed by atoms with Crippen molar-refractivity contribution in [3.05, 3.63) is 93.4 Å². The van der Waals surface area contributed by atoms with Crippen LogP contribution >= 0.6 is 34.8 Å². The van der Waals surface area contributed by atoms with Gasteiger partial charge in [0, 0.05) is 24.1 Å². The molecule has 10 heteroatoms. The van der Waals surface area contributed by atoms with Crippen LogP contribution in [0.3, 0.4) is 0 Å². The van der Waals surface area contributed by atoms with Crippen molar-refractivity contribution < 1.29 is 9.59 Å². The molecule has 3 N–H and O–H groups in total. The quantitative estimate of drug-likeness (QED) is 0.282. The minimum atomic E-state index is -1.66. The number of anilines is 2. The van der Waals surface area contributed by atoms with Crippen LogP contribution in [0.2, 0.25) is 15.1 Å². The third-order valence-corrected chi connectivity index (χ3v) is 6.34. The number of carbonyl (C=O) groups is 2. The molecule has 1 aliphatic heterocycles. The average Bonchev–Trinajstić information content (AvgIpc) is 3.11. The van der Waals surface area contributed by atoms with Gasteiger partial charge in [-0.15, -0.1) is 0 Å². The molecule has 38 heavy (non-hydrogen) atoms. The highest BCUT2D eigenvalue weighted by molar-refractivity contribution is 6.43. The maximum Gasteiger partial charge on any atom is 0.300 e. The second-order valence-electron chi connectivity index (χ2n) is 8.42. The number of carbonyl (C=O) groups excluding carboxylic acids is 2. The van der Waals surface area contributed by atoms with Crippen LogP contribution in [0.4, 0.5) is 11.4 Å². The lowest BCUT2D eigenvalue weighted by molar-refractivity contribution is -0.127. The van der Waals surface area contributed by atoms with E-state index in [2.05, 4.69) is 34.9 Å². The predicted molar refractivity (Wildman–Crippen MR) is 157 cm³/mol. The van der Waals surface area contributed by atoms with E-state index in [-0.39, 0.29) is 22.2 Å². The van der Waals surface area contributed by atoms with Gasteiger partial charge in [-0.2, -0.15) is 10.1 Å². The topological polar surface area (TPSA) is 85.8 Å². The van der Waals surface area contributed by atoms with Gasteiger partial charge in [0.1, 0.15) is 5.69 Å². The first kappa shape index (κ1) is 29.5. The Labute approximate surface area is 238 Å². The van der Waals surface area contributed by atoms with Crippen molar-refractivity contribution in [2.45, 2.75) is 32.9 Å². The molecule has 3 aromatic rings. The van der Waals surface area contributed by atoms with Gasteiger partial charge in [-0.3, -0.25) is 9.59 Å². The predicted octanol–water partition coefficient (Wildman–Crippen LogP) is 6.15. The molecular weight excluding hydrogens is 545 g/mol. The number of halogens is 3. The van der Waals surface area contributed by atoms with Crippen LogP contribution in [-0.2, 0) is 16.0 Å². The number of hydrazone groups is 1. The molecular formula is C28H30Cl3N5O2. The third-order valence-electron chi connectivity index (χ3n) is 5.54. The number of para-hydroxylation sites is 1. The van der Waals surface area contributed by atoms with Crippen molar-refractivity contribution in [3.8, 4) is 0 Å². The lowest BCUT2D eigenvalue weighted by Gasteiger charge is -2.32. The lowest BCUT2D eigenvalue weighted by Crippen LogP contribution is -2.65. The molecule has 0 saturated heterocycles. The van der Waals surface area contributed by atoms with Crippen LogP contribution < -0.4 is 21.0 Å². The number of hydrogen-bond donors (Lipinski definition) is 3. The SMILES string of the molecule is CC(=O)NC1(Nc2ccccc2)C(=O)N(c2c(Cl)cc(Cl)cc2Cl)N=C1Cc1ccccc1.CCNCC. The first-order valence-electron chi connectivity index (χ1n) is 12.2. The van der Waals surface area contributed by atoms with Gasteiger partial charge in [-0.25, -0.2) is 0 Å². The molecule has 1 heterocycles. The normalized spacial score (nSPS) is 16.4. The summed E-state index contributed by atoms with van der Waals surface area (Å²) in [7, 11) is 0. The van der Waals surface area contributed by atoms with E-state index >= 15 is 0 Å². The van der Waals surface area contributed by atoms with Crippen molar-refractivity contribution in [3.63, 3.8) is 0 Å². The Bertz CT molecular complexity index is 1260. The van der Waals surface area contributed by atoms with Gasteiger partial charge in [-0.05, 0) is 42.9 Å². The molecule has 0 aliphatic carbocycles. The smallest absolute Gasteiger partial charge is 0.300 e. The van der Waals surface area contributed by atoms with Crippen molar-refractivity contribution in [2.24, 2.45) is 5.10 Å². The molecule has 1 atom stereocenters. The first-order valence-corrected chi connectivity index (χ1v) is 13.3. The number of benzene rings is 3. The van der Waals surface area contributed by atoms with Crippen LogP contribution in [-0.4, -0.2) is 36.3 Å². The number of rotatable bonds is 8. The Morgan fingerprint density at radius 1 is 0.921 bits per heavy atom. The molecule has 1 aliphatic rings. The average molecular weight is 575 g/mol. The molecule has 1 unspecified atom stereocenters. The molecule has 0 bridgehead atoms. The largest absolute Gasteiger partial charge is 0.350 e. The third kappa shape index (κ3) is 7.05. The summed E-state index contributed by atoms with van der Waals surface area (Å²) in [5, 5.41) is 15.4. The fraction of sp³-hybridized carbons (Fsp3) is 0.250. The number of nitrogens with zero attached hydrogens (tertiary/aromatic N) is 2. The van der Waals surface area contributed by atoms with E-state index in [9.17, 15) is 9.59 Å². The zero-order chi connectivity index (χ0) is 27.7. The van der Waals surface area contributed by atoms with Crippen LogP contribution in [0.1, 0.15) is 26.3 Å². The fourth-order valence-electron chi connectivity index (χ4n) is 3.90. The number of nitrogens with one attached hydrogen (secondary N) is 3. The summed E-state index contributed by atoms with van der Waals surface area (Å²) in [6.45, 7) is 7.73. The van der Waals surface area contributed by atoms with Gasteiger partial charge in [0.25, 0.3) is 5.91 Å². The van der Waals surface area contributed by atoms with E-state index in [0.717, 1.165) is 23.7 Å². The minimum absolute atomic E-state index is 0.155. The lowest BCUT2D eigenvalue weighted by atomic mass is 9.96. The summed E-state index contributed by atoms with van der Waals surface area (Å²) in [4.78, 5) is 26.3. The van der Waals surface area contributed by atoms with Crippen LogP contribution in [0, 0.1) is 0 Å². The highest BCUT2D eigenvalue weighted by atomic mass is 35.5. The highest BCUT2D eigenvalue weighted by Crippen LogP contribution is 2.40. The molecule has 0 aromatic heterocycles. The highest BCUT2D eigenvalue weighted by Gasteiger charge is 2.53. The Hall–Kier alpha value is -3.10. The Morgan fingerprint density at radius 3 is 1.97 bits per heavy atom. The van der Waals surface area contributed by atoms with Crippen molar-refractivity contribution in [1.82, 2.24) is 10.6 Å². The van der Waals surface area contributed by atoms with Crippen LogP contribution in [0.15, 0.2) is 77.9 Å². The van der Waals surface area contributed by atoms with Crippen LogP contribution in [0.5, 0.6) is 0 Å². The summed E-state index contributed by atoms with van der Waals surface area (Å²) in [5.74, 6) is -0.971. The minimum Gasteiger partial charge on any atom is -0.350 e. The summed E-state index contributed by atoms with van der Waals surface area (Å²) >= 11 is 18.9. The van der Waals surface area contributed by atoms with Gasteiger partial charge in [0.05, 0.1) is 15.8 Å². The standard InChI is InChI=1S/C24H19Cl3N4O2.C4H11N/c1-15(32)28-24(29-18-10-6-3-7-11-18)21(12-16-8-4-2-5-9-16)30-31(23(24)33)22-19(26)13-17(25)14-20(22)27;1-3-5-4-2/h2-11,13-14,29H,12H2,1H3,(H,28,32);5H,3-4H2,1-2H3. The monoisotopic (exact) mass is 573 g/mol. The maximum absolute atomic E-state index is 13.9. The Kier molecular flexibility index (Phi) is 10.6. The van der Waals surface area contributed by atoms with Gasteiger partial charge in [0.15, 0.2) is 0 Å². The van der Waals surface area contributed by atoms with Gasteiger partial charge < -0.3 is 16.0 Å². The van der Waals surface area contributed by atoms with Crippen LogP contribution in [0.25, 0.3) is 0 Å². The van der Waals surface area contributed by atoms with Crippen molar-refractivity contribution in [1.29, 1.82) is 0 Å². The summed E-state index contributed by atoms with van der Waals surface area (Å²) in [6.07, 6.45) is 0.284. The van der Waals surface area contributed by atoms with Gasteiger partial charge in [0.2, 0.25) is 11.6 Å². The first-order chi connectivity index (χ1) is 18.2. The maximum atomic E-state index is 13.9. The van der Waals surface area contributed by atoms with Crippen molar-refractivity contribution in [2.75, 3.05) is 23.4 Å². The molecule has 2 amide bonds. The van der Waals surface area contributed by atoms with E-state index in [1.165, 1.54) is 19.1 Å². The van der Waals surface area contributed by atoms with Crippen molar-refractivity contribution >= 4 is 63.7 Å².